The van der Waals surface area contributed by atoms with Crippen molar-refractivity contribution in [2.75, 3.05) is 13.7 Å². The first kappa shape index (κ1) is 19.2. The van der Waals surface area contributed by atoms with Crippen LogP contribution < -0.4 is 5.32 Å². The molecule has 4 rings (SSSR count). The van der Waals surface area contributed by atoms with Crippen molar-refractivity contribution in [1.82, 2.24) is 15.1 Å². The van der Waals surface area contributed by atoms with E-state index >= 15 is 0 Å². The number of ether oxygens (including phenoxy) is 1. The molecule has 1 saturated carbocycles. The highest BCUT2D eigenvalue weighted by Gasteiger charge is 2.52. The Morgan fingerprint density at radius 3 is 2.77 bits per heavy atom. The highest BCUT2D eigenvalue weighted by molar-refractivity contribution is 6.31. The maximum Gasteiger partial charge on any atom is 0.316 e. The third kappa shape index (κ3) is 2.92. The molecule has 0 saturated heterocycles. The number of carbonyl (C=O) groups excluding carboxylic acids is 1. The summed E-state index contributed by atoms with van der Waals surface area (Å²) in [6.07, 6.45) is 2.56. The average Bonchev–Trinajstić information content (AvgIpc) is 3.32. The van der Waals surface area contributed by atoms with Gasteiger partial charge in [-0.2, -0.15) is 5.10 Å². The number of nitrogens with one attached hydrogen (secondary N) is 1. The van der Waals surface area contributed by atoms with E-state index in [9.17, 15) is 4.79 Å². The summed E-state index contributed by atoms with van der Waals surface area (Å²) >= 11 is 6.42. The minimum absolute atomic E-state index is 0. The number of rotatable bonds is 3. The molecule has 1 aromatic carbocycles. The number of nitrogens with zero attached hydrogens (tertiary/aromatic N) is 2. The van der Waals surface area contributed by atoms with Gasteiger partial charge in [0.2, 0.25) is 0 Å². The van der Waals surface area contributed by atoms with Crippen molar-refractivity contribution in [3.63, 3.8) is 0 Å². The zero-order chi connectivity index (χ0) is 17.8. The zero-order valence-electron chi connectivity index (χ0n) is 15.1. The molecule has 1 aliphatic carbocycles. The molecule has 0 bridgehead atoms. The Kier molecular flexibility index (Phi) is 5.08. The largest absolute Gasteiger partial charge is 0.468 e. The van der Waals surface area contributed by atoms with Crippen LogP contribution >= 0.6 is 24.0 Å². The summed E-state index contributed by atoms with van der Waals surface area (Å²) < 4.78 is 6.95. The third-order valence-corrected chi connectivity index (χ3v) is 5.68. The van der Waals surface area contributed by atoms with Crippen LogP contribution in [-0.4, -0.2) is 29.4 Å². The van der Waals surface area contributed by atoms with Crippen molar-refractivity contribution in [1.29, 1.82) is 0 Å². The van der Waals surface area contributed by atoms with Gasteiger partial charge in [0.05, 0.1) is 23.9 Å². The van der Waals surface area contributed by atoms with Gasteiger partial charge in [-0.3, -0.25) is 9.48 Å². The van der Waals surface area contributed by atoms with Crippen molar-refractivity contribution in [2.45, 2.75) is 37.6 Å². The number of esters is 1. The predicted octanol–water partition coefficient (Wildman–Crippen LogP) is 3.57. The van der Waals surface area contributed by atoms with Crippen LogP contribution in [0.5, 0.6) is 0 Å². The number of halogens is 2. The molecule has 1 N–H and O–H groups in total. The van der Waals surface area contributed by atoms with Crippen LogP contribution in [0.4, 0.5) is 0 Å². The van der Waals surface area contributed by atoms with Gasteiger partial charge >= 0.3 is 5.97 Å². The maximum atomic E-state index is 12.3. The van der Waals surface area contributed by atoms with Crippen LogP contribution in [0, 0.1) is 0 Å². The summed E-state index contributed by atoms with van der Waals surface area (Å²) in [5, 5.41) is 8.80. The Balaban J connectivity index is 0.00000196. The normalized spacial score (nSPS) is 20.1. The van der Waals surface area contributed by atoms with Crippen molar-refractivity contribution in [3.05, 3.63) is 40.0 Å². The number of carbonyl (C=O) groups is 1. The van der Waals surface area contributed by atoms with Gasteiger partial charge in [-0.25, -0.2) is 0 Å². The SMILES string of the molecule is COC(=O)C1(c2cc(Cl)cc(-c3c4c(nn3C)C(C)NCC4)c2)CC1.Cl. The van der Waals surface area contributed by atoms with Crippen LogP contribution in [0.15, 0.2) is 18.2 Å². The van der Waals surface area contributed by atoms with E-state index in [1.165, 1.54) is 12.7 Å². The van der Waals surface area contributed by atoms with Crippen molar-refractivity contribution in [2.24, 2.45) is 7.05 Å². The minimum Gasteiger partial charge on any atom is -0.468 e. The molecular weight excluding hydrogens is 373 g/mol. The summed E-state index contributed by atoms with van der Waals surface area (Å²) in [6, 6.07) is 6.18. The fourth-order valence-corrected chi connectivity index (χ4v) is 4.22. The summed E-state index contributed by atoms with van der Waals surface area (Å²) in [5.74, 6) is -0.175. The lowest BCUT2D eigenvalue weighted by Crippen LogP contribution is -2.27. The van der Waals surface area contributed by atoms with Crippen LogP contribution in [0.3, 0.4) is 0 Å². The summed E-state index contributed by atoms with van der Waals surface area (Å²) in [7, 11) is 3.41. The molecule has 1 unspecified atom stereocenters. The number of hydrogen-bond acceptors (Lipinski definition) is 4. The van der Waals surface area contributed by atoms with Gasteiger partial charge in [-0.1, -0.05) is 11.6 Å². The molecule has 1 fully saturated rings. The standard InChI is InChI=1S/C19H22ClN3O2.ClH/c1-11-16-15(4-7-21-11)17(23(2)22-16)12-8-13(10-14(20)9-12)19(5-6-19)18(24)25-3;/h8-11,21H,4-7H2,1-3H3;1H. The third-order valence-electron chi connectivity index (χ3n) is 5.46. The van der Waals surface area contributed by atoms with Crippen LogP contribution in [0.2, 0.25) is 5.02 Å². The number of aromatic nitrogens is 2. The topological polar surface area (TPSA) is 56.1 Å². The molecule has 2 aliphatic rings. The van der Waals surface area contributed by atoms with Crippen molar-refractivity contribution in [3.8, 4) is 11.3 Å². The molecule has 0 amide bonds. The molecule has 2 heterocycles. The second-order valence-corrected chi connectivity index (χ2v) is 7.50. The highest BCUT2D eigenvalue weighted by Crippen LogP contribution is 2.50. The molecule has 26 heavy (non-hydrogen) atoms. The van der Waals surface area contributed by atoms with Crippen molar-refractivity contribution < 1.29 is 9.53 Å². The molecule has 1 atom stereocenters. The molecule has 1 aliphatic heterocycles. The van der Waals surface area contributed by atoms with Crippen LogP contribution in [-0.2, 0) is 28.4 Å². The zero-order valence-corrected chi connectivity index (χ0v) is 16.7. The van der Waals surface area contributed by atoms with E-state index in [0.717, 1.165) is 48.3 Å². The quantitative estimate of drug-likeness (QED) is 0.806. The number of methoxy groups -OCH3 is 1. The summed E-state index contributed by atoms with van der Waals surface area (Å²) in [4.78, 5) is 12.3. The van der Waals surface area contributed by atoms with E-state index in [1.54, 1.807) is 0 Å². The van der Waals surface area contributed by atoms with Gasteiger partial charge in [0.15, 0.2) is 0 Å². The Hall–Kier alpha value is -1.56. The smallest absolute Gasteiger partial charge is 0.316 e. The lowest BCUT2D eigenvalue weighted by Gasteiger charge is -2.20. The molecule has 5 nitrogen and oxygen atoms in total. The highest BCUT2D eigenvalue weighted by atomic mass is 35.5. The molecule has 7 heteroatoms. The Bertz CT molecular complexity index is 859. The minimum atomic E-state index is -0.526. The van der Waals surface area contributed by atoms with Gasteiger partial charge in [0, 0.05) is 29.2 Å². The number of fused-ring (bicyclic) bond motifs is 1. The number of hydrogen-bond donors (Lipinski definition) is 1. The van der Waals surface area contributed by atoms with Crippen LogP contribution in [0.1, 0.15) is 42.6 Å². The first-order valence-corrected chi connectivity index (χ1v) is 9.03. The molecule has 0 radical (unpaired) electrons. The fourth-order valence-electron chi connectivity index (χ4n) is 3.99. The van der Waals surface area contributed by atoms with Gasteiger partial charge < -0.3 is 10.1 Å². The average molecular weight is 396 g/mol. The molecule has 2 aromatic rings. The Morgan fingerprint density at radius 1 is 1.38 bits per heavy atom. The molecule has 1 aromatic heterocycles. The van der Waals surface area contributed by atoms with E-state index in [-0.39, 0.29) is 24.4 Å². The lowest BCUT2D eigenvalue weighted by molar-refractivity contribution is -0.143. The van der Waals surface area contributed by atoms with Gasteiger partial charge in [-0.15, -0.1) is 12.4 Å². The molecule has 0 spiro atoms. The maximum absolute atomic E-state index is 12.3. The second kappa shape index (κ2) is 6.87. The molecular formula is C19H23Cl2N3O2. The monoisotopic (exact) mass is 395 g/mol. The van der Waals surface area contributed by atoms with Crippen molar-refractivity contribution >= 4 is 30.0 Å². The van der Waals surface area contributed by atoms with E-state index in [0.29, 0.717) is 5.02 Å². The second-order valence-electron chi connectivity index (χ2n) is 7.06. The lowest BCUT2D eigenvalue weighted by atomic mass is 9.91. The first-order valence-electron chi connectivity index (χ1n) is 8.65. The van der Waals surface area contributed by atoms with Gasteiger partial charge in [0.25, 0.3) is 0 Å². The van der Waals surface area contributed by atoms with E-state index in [1.807, 2.05) is 23.9 Å². The molecule has 140 valence electrons. The fraction of sp³-hybridized carbons (Fsp3) is 0.474. The summed E-state index contributed by atoms with van der Waals surface area (Å²) in [6.45, 7) is 3.07. The predicted molar refractivity (Wildman–Crippen MR) is 104 cm³/mol. The Morgan fingerprint density at radius 2 is 2.12 bits per heavy atom. The Labute approximate surface area is 164 Å². The first-order chi connectivity index (χ1) is 12.0. The number of aryl methyl sites for hydroxylation is 1. The number of benzene rings is 1. The van der Waals surface area contributed by atoms with Gasteiger partial charge in [-0.05, 0) is 56.5 Å². The van der Waals surface area contributed by atoms with E-state index in [4.69, 9.17) is 21.4 Å². The van der Waals surface area contributed by atoms with Crippen LogP contribution in [0.25, 0.3) is 11.3 Å². The van der Waals surface area contributed by atoms with Gasteiger partial charge in [0.1, 0.15) is 0 Å². The van der Waals surface area contributed by atoms with E-state index < -0.39 is 5.41 Å². The summed E-state index contributed by atoms with van der Waals surface area (Å²) in [5.41, 5.74) is 4.89. The van der Waals surface area contributed by atoms with E-state index in [2.05, 4.69) is 18.3 Å².